The molecule has 0 saturated carbocycles. The summed E-state index contributed by atoms with van der Waals surface area (Å²) in [5.74, 6) is -2.72. The standard InChI is InChI=1S/C30H46O4S2/c1-20(31)22(17-23(32)21-15-13-12-14-16-21)24(25(33)35-29(8,9)18-27(2,3)4)26(34)36-30(10,11)19-28(5,6)7/h12-16,22,24H,17-19H2,1-11H3/t22-/m1/s1. The van der Waals surface area contributed by atoms with Crippen molar-refractivity contribution in [3.8, 4) is 0 Å². The van der Waals surface area contributed by atoms with Gasteiger partial charge in [0.2, 0.25) is 10.2 Å². The Morgan fingerprint density at radius 2 is 1.08 bits per heavy atom. The van der Waals surface area contributed by atoms with Gasteiger partial charge < -0.3 is 0 Å². The van der Waals surface area contributed by atoms with Crippen LogP contribution in [0.25, 0.3) is 0 Å². The topological polar surface area (TPSA) is 68.3 Å². The first kappa shape index (κ1) is 32.6. The molecule has 36 heavy (non-hydrogen) atoms. The number of carbonyl (C=O) groups excluding carboxylic acids is 4. The lowest BCUT2D eigenvalue weighted by Crippen LogP contribution is -2.38. The minimum Gasteiger partial charge on any atom is -0.300 e. The van der Waals surface area contributed by atoms with Crippen LogP contribution < -0.4 is 0 Å². The zero-order chi connectivity index (χ0) is 28.1. The number of carbonyl (C=O) groups is 4. The van der Waals surface area contributed by atoms with Crippen LogP contribution in [0.4, 0.5) is 0 Å². The third-order valence-electron chi connectivity index (χ3n) is 5.60. The molecule has 0 aliphatic rings. The van der Waals surface area contributed by atoms with Crippen LogP contribution in [0, 0.1) is 22.7 Å². The summed E-state index contributed by atoms with van der Waals surface area (Å²) < 4.78 is -0.853. The van der Waals surface area contributed by atoms with E-state index in [1.54, 1.807) is 24.3 Å². The van der Waals surface area contributed by atoms with Gasteiger partial charge in [-0.25, -0.2) is 0 Å². The van der Waals surface area contributed by atoms with Crippen molar-refractivity contribution in [2.45, 2.75) is 105 Å². The molecule has 0 fully saturated rings. The number of hydrogen-bond acceptors (Lipinski definition) is 6. The van der Waals surface area contributed by atoms with Crippen molar-refractivity contribution in [3.63, 3.8) is 0 Å². The van der Waals surface area contributed by atoms with Crippen molar-refractivity contribution in [2.24, 2.45) is 22.7 Å². The average Bonchev–Trinajstić information content (AvgIpc) is 2.62. The number of ketones is 2. The quantitative estimate of drug-likeness (QED) is 0.211. The summed E-state index contributed by atoms with van der Waals surface area (Å²) in [5.41, 5.74) is 0.454. The zero-order valence-electron chi connectivity index (χ0n) is 24.1. The summed E-state index contributed by atoms with van der Waals surface area (Å²) in [6.45, 7) is 22.1. The van der Waals surface area contributed by atoms with Crippen LogP contribution in [-0.2, 0) is 14.4 Å². The summed E-state index contributed by atoms with van der Waals surface area (Å²) in [4.78, 5) is 53.5. The first-order valence-electron chi connectivity index (χ1n) is 12.7. The van der Waals surface area contributed by atoms with Crippen LogP contribution in [0.3, 0.4) is 0 Å². The van der Waals surface area contributed by atoms with Gasteiger partial charge in [-0.05, 0) is 30.6 Å². The normalized spacial score (nSPS) is 14.0. The highest BCUT2D eigenvalue weighted by molar-refractivity contribution is 8.16. The van der Waals surface area contributed by atoms with Crippen molar-refractivity contribution in [3.05, 3.63) is 35.9 Å². The molecule has 4 nitrogen and oxygen atoms in total. The molecule has 0 unspecified atom stereocenters. The lowest BCUT2D eigenvalue weighted by Gasteiger charge is -2.35. The SMILES string of the molecule is CC(=O)[C@@H](CC(=O)c1ccccc1)C(C(=O)SC(C)(C)CC(C)(C)C)C(=O)SC(C)(C)CC(C)(C)C. The maximum Gasteiger partial charge on any atom is 0.201 e. The molecule has 0 aliphatic carbocycles. The van der Waals surface area contributed by atoms with E-state index in [9.17, 15) is 19.2 Å². The number of thioether (sulfide) groups is 2. The molecular formula is C30H46O4S2. The second-order valence-corrected chi connectivity index (χ2v) is 16.9. The molecule has 202 valence electrons. The van der Waals surface area contributed by atoms with Crippen LogP contribution >= 0.6 is 23.5 Å². The smallest absolute Gasteiger partial charge is 0.201 e. The van der Waals surface area contributed by atoms with E-state index in [1.165, 1.54) is 6.92 Å². The van der Waals surface area contributed by atoms with Gasteiger partial charge >= 0.3 is 0 Å². The van der Waals surface area contributed by atoms with E-state index in [2.05, 4.69) is 41.5 Å². The highest BCUT2D eigenvalue weighted by Crippen LogP contribution is 2.44. The Balaban J connectivity index is 3.38. The Hall–Kier alpha value is -1.40. The fourth-order valence-corrected chi connectivity index (χ4v) is 8.13. The third-order valence-corrected chi connectivity index (χ3v) is 7.90. The van der Waals surface area contributed by atoms with E-state index in [1.807, 2.05) is 33.8 Å². The lowest BCUT2D eigenvalue weighted by molar-refractivity contribution is -0.132. The predicted molar refractivity (Wildman–Crippen MR) is 155 cm³/mol. The highest BCUT2D eigenvalue weighted by atomic mass is 32.2. The van der Waals surface area contributed by atoms with E-state index < -0.39 is 21.3 Å². The summed E-state index contributed by atoms with van der Waals surface area (Å²) in [6, 6.07) is 8.73. The molecule has 0 spiro atoms. The average molecular weight is 535 g/mol. The van der Waals surface area contributed by atoms with Gasteiger partial charge in [-0.1, -0.05) is 123 Å². The molecule has 0 bridgehead atoms. The van der Waals surface area contributed by atoms with Crippen molar-refractivity contribution in [1.29, 1.82) is 0 Å². The second kappa shape index (κ2) is 12.4. The molecular weight excluding hydrogens is 488 g/mol. The van der Waals surface area contributed by atoms with Crippen LogP contribution in [0.1, 0.15) is 106 Å². The highest BCUT2D eigenvalue weighted by Gasteiger charge is 2.43. The first-order valence-corrected chi connectivity index (χ1v) is 14.3. The molecule has 0 amide bonds. The van der Waals surface area contributed by atoms with E-state index in [0.717, 1.165) is 36.4 Å². The van der Waals surface area contributed by atoms with Gasteiger partial charge in [-0.2, -0.15) is 0 Å². The number of hydrogen-bond donors (Lipinski definition) is 0. The van der Waals surface area contributed by atoms with E-state index in [-0.39, 0.29) is 39.0 Å². The molecule has 0 saturated heterocycles. The van der Waals surface area contributed by atoms with E-state index in [0.29, 0.717) is 5.56 Å². The number of benzene rings is 1. The largest absolute Gasteiger partial charge is 0.300 e. The van der Waals surface area contributed by atoms with Gasteiger partial charge in [0.05, 0.1) is 0 Å². The van der Waals surface area contributed by atoms with Gasteiger partial charge in [0.1, 0.15) is 11.7 Å². The molecule has 6 heteroatoms. The monoisotopic (exact) mass is 534 g/mol. The third kappa shape index (κ3) is 11.8. The van der Waals surface area contributed by atoms with Crippen LogP contribution in [0.2, 0.25) is 0 Å². The van der Waals surface area contributed by atoms with Crippen LogP contribution in [0.15, 0.2) is 30.3 Å². The summed E-state index contributed by atoms with van der Waals surface area (Å²) >= 11 is 2.27. The summed E-state index contributed by atoms with van der Waals surface area (Å²) in [5, 5.41) is -0.649. The molecule has 1 rings (SSSR count). The maximum absolute atomic E-state index is 13.8. The molecule has 0 radical (unpaired) electrons. The van der Waals surface area contributed by atoms with Gasteiger partial charge in [0.25, 0.3) is 0 Å². The molecule has 1 aromatic carbocycles. The second-order valence-electron chi connectivity index (χ2n) is 13.5. The van der Waals surface area contributed by atoms with Gasteiger partial charge in [0, 0.05) is 27.4 Å². The minimum atomic E-state index is -1.18. The Morgan fingerprint density at radius 3 is 1.42 bits per heavy atom. The fraction of sp³-hybridized carbons (Fsp3) is 0.667. The zero-order valence-corrected chi connectivity index (χ0v) is 25.7. The lowest BCUT2D eigenvalue weighted by atomic mass is 9.85. The first-order chi connectivity index (χ1) is 16.1. The Labute approximate surface area is 227 Å². The Bertz CT molecular complexity index is 892. The van der Waals surface area contributed by atoms with Gasteiger partial charge in [-0.15, -0.1) is 0 Å². The minimum absolute atomic E-state index is 0.0109. The molecule has 1 aromatic rings. The van der Waals surface area contributed by atoms with E-state index in [4.69, 9.17) is 0 Å². The molecule has 0 aromatic heterocycles. The van der Waals surface area contributed by atoms with Crippen molar-refractivity contribution < 1.29 is 19.2 Å². The fourth-order valence-electron chi connectivity index (χ4n) is 5.16. The van der Waals surface area contributed by atoms with Crippen LogP contribution in [0.5, 0.6) is 0 Å². The van der Waals surface area contributed by atoms with Crippen molar-refractivity contribution in [2.75, 3.05) is 0 Å². The number of Topliss-reactive ketones (excluding diaryl/α,β-unsaturated/α-hetero) is 2. The number of rotatable bonds is 11. The molecule has 0 aliphatic heterocycles. The molecule has 1 atom stereocenters. The molecule has 0 N–H and O–H groups in total. The Morgan fingerprint density at radius 1 is 0.694 bits per heavy atom. The summed E-state index contributed by atoms with van der Waals surface area (Å²) in [6.07, 6.45) is 1.35. The molecule has 0 heterocycles. The predicted octanol–water partition coefficient (Wildman–Crippen LogP) is 8.03. The van der Waals surface area contributed by atoms with Crippen LogP contribution in [-0.4, -0.2) is 31.3 Å². The van der Waals surface area contributed by atoms with Crippen molar-refractivity contribution >= 4 is 45.3 Å². The summed E-state index contributed by atoms with van der Waals surface area (Å²) in [7, 11) is 0. The van der Waals surface area contributed by atoms with E-state index >= 15 is 0 Å². The Kier molecular flexibility index (Phi) is 11.3. The maximum atomic E-state index is 13.8. The van der Waals surface area contributed by atoms with Gasteiger partial charge in [0.15, 0.2) is 5.78 Å². The van der Waals surface area contributed by atoms with Gasteiger partial charge in [-0.3, -0.25) is 19.2 Å². The van der Waals surface area contributed by atoms with Crippen molar-refractivity contribution in [1.82, 2.24) is 0 Å².